The molecule has 0 aromatic heterocycles. The first-order valence-corrected chi connectivity index (χ1v) is 8.88. The normalized spacial score (nSPS) is 17.6. The van der Waals surface area contributed by atoms with E-state index < -0.39 is 6.10 Å². The Morgan fingerprint density at radius 3 is 2.40 bits per heavy atom. The van der Waals surface area contributed by atoms with Gasteiger partial charge in [0.15, 0.2) is 6.10 Å². The second kappa shape index (κ2) is 7.02. The van der Waals surface area contributed by atoms with Crippen molar-refractivity contribution in [1.29, 1.82) is 0 Å². The zero-order chi connectivity index (χ0) is 18.0. The van der Waals surface area contributed by atoms with Gasteiger partial charge in [0.1, 0.15) is 0 Å². The standard InChI is InChI=1S/C19H18ClNO3S/c1-19(2,13-6-4-3-5-7-13)25-24-17-15(22)16(23-18(17)21)12-8-10-14(20)11-9-12/h3-11,16H,21H2,1-2H3. The maximum absolute atomic E-state index is 12.6. The molecule has 0 radical (unpaired) electrons. The summed E-state index contributed by atoms with van der Waals surface area (Å²) in [6.45, 7) is 4.03. The Balaban J connectivity index is 1.71. The lowest BCUT2D eigenvalue weighted by Gasteiger charge is -2.23. The Labute approximate surface area is 156 Å². The van der Waals surface area contributed by atoms with Crippen LogP contribution in [0, 0.1) is 0 Å². The Kier molecular flexibility index (Phi) is 4.97. The van der Waals surface area contributed by atoms with Crippen molar-refractivity contribution in [3.05, 3.63) is 82.4 Å². The Bertz CT molecular complexity index is 803. The predicted octanol–water partition coefficient (Wildman–Crippen LogP) is 4.71. The summed E-state index contributed by atoms with van der Waals surface area (Å²) in [5.41, 5.74) is 7.63. The molecule has 1 atom stereocenters. The average Bonchev–Trinajstić information content (AvgIpc) is 2.89. The number of carbonyl (C=O) groups is 1. The summed E-state index contributed by atoms with van der Waals surface area (Å²) in [6, 6.07) is 16.8. The van der Waals surface area contributed by atoms with Crippen LogP contribution in [0.4, 0.5) is 0 Å². The van der Waals surface area contributed by atoms with E-state index in [-0.39, 0.29) is 22.2 Å². The molecule has 1 heterocycles. The zero-order valence-corrected chi connectivity index (χ0v) is 15.4. The summed E-state index contributed by atoms with van der Waals surface area (Å²) >= 11 is 7.06. The number of carbonyl (C=O) groups excluding carboxylic acids is 1. The third-order valence-electron chi connectivity index (χ3n) is 3.91. The van der Waals surface area contributed by atoms with Gasteiger partial charge in [0.25, 0.3) is 0 Å². The monoisotopic (exact) mass is 375 g/mol. The molecule has 1 unspecified atom stereocenters. The fraction of sp³-hybridized carbons (Fsp3) is 0.211. The van der Waals surface area contributed by atoms with E-state index in [0.717, 1.165) is 5.56 Å². The van der Waals surface area contributed by atoms with E-state index in [1.54, 1.807) is 24.3 Å². The first kappa shape index (κ1) is 17.7. The second-order valence-corrected chi connectivity index (χ2v) is 7.94. The highest BCUT2D eigenvalue weighted by atomic mass is 35.5. The lowest BCUT2D eigenvalue weighted by molar-refractivity contribution is -0.122. The van der Waals surface area contributed by atoms with Crippen molar-refractivity contribution < 1.29 is 13.7 Å². The minimum absolute atomic E-state index is 0.00121. The Morgan fingerprint density at radius 2 is 1.76 bits per heavy atom. The molecule has 6 heteroatoms. The minimum Gasteiger partial charge on any atom is -0.460 e. The average molecular weight is 376 g/mol. The van der Waals surface area contributed by atoms with Crippen LogP contribution in [-0.2, 0) is 18.5 Å². The molecule has 130 valence electrons. The number of hydrogen-bond acceptors (Lipinski definition) is 5. The van der Waals surface area contributed by atoms with E-state index in [9.17, 15) is 4.79 Å². The van der Waals surface area contributed by atoms with Crippen molar-refractivity contribution in [3.63, 3.8) is 0 Å². The van der Waals surface area contributed by atoms with Crippen LogP contribution < -0.4 is 5.73 Å². The number of rotatable bonds is 5. The van der Waals surface area contributed by atoms with Crippen molar-refractivity contribution in [3.8, 4) is 0 Å². The van der Waals surface area contributed by atoms with Crippen LogP contribution in [0.1, 0.15) is 31.1 Å². The lowest BCUT2D eigenvalue weighted by atomic mass is 10.0. The summed E-state index contributed by atoms with van der Waals surface area (Å²) < 4.78 is 10.8. The number of Topliss-reactive ketones (excluding diaryl/α,β-unsaturated/α-hetero) is 1. The fourth-order valence-corrected chi connectivity index (χ4v) is 3.26. The Hall–Kier alpha value is -2.11. The first-order valence-electron chi connectivity index (χ1n) is 7.76. The summed E-state index contributed by atoms with van der Waals surface area (Å²) in [4.78, 5) is 12.6. The van der Waals surface area contributed by atoms with Crippen molar-refractivity contribution in [2.24, 2.45) is 5.73 Å². The van der Waals surface area contributed by atoms with Gasteiger partial charge in [-0.25, -0.2) is 0 Å². The molecule has 2 N–H and O–H groups in total. The van der Waals surface area contributed by atoms with E-state index in [1.165, 1.54) is 12.0 Å². The number of halogens is 1. The van der Waals surface area contributed by atoms with E-state index in [4.69, 9.17) is 26.3 Å². The molecule has 25 heavy (non-hydrogen) atoms. The van der Waals surface area contributed by atoms with Crippen LogP contribution in [0.15, 0.2) is 66.2 Å². The van der Waals surface area contributed by atoms with Crippen molar-refractivity contribution in [2.75, 3.05) is 0 Å². The molecule has 2 aromatic carbocycles. The van der Waals surface area contributed by atoms with Crippen LogP contribution in [0.25, 0.3) is 0 Å². The lowest BCUT2D eigenvalue weighted by Crippen LogP contribution is -2.15. The smallest absolute Gasteiger partial charge is 0.249 e. The van der Waals surface area contributed by atoms with Crippen molar-refractivity contribution in [1.82, 2.24) is 0 Å². The van der Waals surface area contributed by atoms with Crippen LogP contribution in [0.3, 0.4) is 0 Å². The number of benzene rings is 2. The highest BCUT2D eigenvalue weighted by Gasteiger charge is 2.38. The highest BCUT2D eigenvalue weighted by molar-refractivity contribution is 7.95. The van der Waals surface area contributed by atoms with Gasteiger partial charge in [0.2, 0.25) is 17.4 Å². The van der Waals surface area contributed by atoms with Gasteiger partial charge >= 0.3 is 0 Å². The second-order valence-electron chi connectivity index (χ2n) is 6.15. The molecule has 0 saturated carbocycles. The number of hydrogen-bond donors (Lipinski definition) is 1. The van der Waals surface area contributed by atoms with Crippen molar-refractivity contribution in [2.45, 2.75) is 24.7 Å². The topological polar surface area (TPSA) is 61.6 Å². The fourth-order valence-electron chi connectivity index (χ4n) is 2.45. The third-order valence-corrected chi connectivity index (χ3v) is 5.06. The van der Waals surface area contributed by atoms with E-state index >= 15 is 0 Å². The molecule has 3 rings (SSSR count). The molecule has 4 nitrogen and oxygen atoms in total. The van der Waals surface area contributed by atoms with Gasteiger partial charge in [-0.1, -0.05) is 54.1 Å². The maximum Gasteiger partial charge on any atom is 0.249 e. The van der Waals surface area contributed by atoms with Gasteiger partial charge < -0.3 is 14.7 Å². The number of ether oxygens (including phenoxy) is 1. The van der Waals surface area contributed by atoms with E-state index in [0.29, 0.717) is 10.6 Å². The molecule has 0 amide bonds. The number of ketones is 1. The molecule has 0 bridgehead atoms. The maximum atomic E-state index is 12.6. The predicted molar refractivity (Wildman–Crippen MR) is 99.6 cm³/mol. The molecular weight excluding hydrogens is 358 g/mol. The molecule has 0 aliphatic carbocycles. The van der Waals surface area contributed by atoms with Crippen LogP contribution >= 0.6 is 23.6 Å². The van der Waals surface area contributed by atoms with Crippen molar-refractivity contribution >= 4 is 29.4 Å². The van der Waals surface area contributed by atoms with Crippen LogP contribution in [-0.4, -0.2) is 5.78 Å². The molecular formula is C19H18ClNO3S. The SMILES string of the molecule is CC(C)(SOC1=C(N)OC(c2ccc(Cl)cc2)C1=O)c1ccccc1. The summed E-state index contributed by atoms with van der Waals surface area (Å²) in [7, 11) is 0. The van der Waals surface area contributed by atoms with Gasteiger partial charge in [0, 0.05) is 10.6 Å². The molecule has 0 spiro atoms. The van der Waals surface area contributed by atoms with Gasteiger partial charge in [-0.3, -0.25) is 4.79 Å². The van der Waals surface area contributed by atoms with Gasteiger partial charge in [-0.2, -0.15) is 0 Å². The molecule has 1 aliphatic rings. The van der Waals surface area contributed by atoms with E-state index in [2.05, 4.69) is 0 Å². The highest BCUT2D eigenvalue weighted by Crippen LogP contribution is 2.41. The van der Waals surface area contributed by atoms with E-state index in [1.807, 2.05) is 44.2 Å². The number of nitrogens with two attached hydrogens (primary N) is 1. The van der Waals surface area contributed by atoms with Crippen LogP contribution in [0.5, 0.6) is 0 Å². The summed E-state index contributed by atoms with van der Waals surface area (Å²) in [5, 5.41) is 0.590. The zero-order valence-electron chi connectivity index (χ0n) is 13.9. The summed E-state index contributed by atoms with van der Waals surface area (Å²) in [5.74, 6) is -0.244. The first-order chi connectivity index (χ1) is 11.9. The largest absolute Gasteiger partial charge is 0.460 e. The molecule has 1 aliphatic heterocycles. The van der Waals surface area contributed by atoms with Gasteiger partial charge in [0.05, 0.1) is 16.8 Å². The molecule has 0 saturated heterocycles. The third kappa shape index (κ3) is 3.78. The molecule has 0 fully saturated rings. The minimum atomic E-state index is -0.798. The Morgan fingerprint density at radius 1 is 1.12 bits per heavy atom. The van der Waals surface area contributed by atoms with Crippen LogP contribution in [0.2, 0.25) is 5.02 Å². The quantitative estimate of drug-likeness (QED) is 0.767. The van der Waals surface area contributed by atoms with Gasteiger partial charge in [-0.15, -0.1) is 0 Å². The van der Waals surface area contributed by atoms with Gasteiger partial charge in [-0.05, 0) is 31.5 Å². The molecule has 2 aromatic rings. The summed E-state index contributed by atoms with van der Waals surface area (Å²) in [6.07, 6.45) is -0.798.